The van der Waals surface area contributed by atoms with E-state index < -0.39 is 0 Å². The van der Waals surface area contributed by atoms with Crippen LogP contribution < -0.4 is 15.8 Å². The van der Waals surface area contributed by atoms with Crippen LogP contribution in [0.15, 0.2) is 23.3 Å². The Labute approximate surface area is 119 Å². The second kappa shape index (κ2) is 9.03. The molecule has 5 nitrogen and oxygen atoms in total. The van der Waals surface area contributed by atoms with E-state index in [1.54, 1.807) is 13.2 Å². The number of ether oxygens (including phenoxy) is 1. The van der Waals surface area contributed by atoms with Gasteiger partial charge in [-0.2, -0.15) is 0 Å². The van der Waals surface area contributed by atoms with Crippen molar-refractivity contribution in [1.82, 2.24) is 10.3 Å². The summed E-state index contributed by atoms with van der Waals surface area (Å²) in [5.41, 5.74) is 6.52. The van der Waals surface area contributed by atoms with Gasteiger partial charge in [-0.15, -0.1) is 24.0 Å². The van der Waals surface area contributed by atoms with Crippen molar-refractivity contribution in [3.8, 4) is 5.88 Å². The molecule has 1 aromatic heterocycles. The summed E-state index contributed by atoms with van der Waals surface area (Å²) in [6.07, 6.45) is 2.67. The van der Waals surface area contributed by atoms with Gasteiger partial charge in [0.1, 0.15) is 0 Å². The number of nitrogens with zero attached hydrogens (tertiary/aromatic N) is 2. The largest absolute Gasteiger partial charge is 0.477 e. The van der Waals surface area contributed by atoms with E-state index in [4.69, 9.17) is 10.5 Å². The lowest BCUT2D eigenvalue weighted by Gasteiger charge is -2.10. The van der Waals surface area contributed by atoms with Gasteiger partial charge in [0.25, 0.3) is 0 Å². The van der Waals surface area contributed by atoms with Crippen LogP contribution in [-0.2, 0) is 6.54 Å². The lowest BCUT2D eigenvalue weighted by atomic mass is 10.2. The molecular weight excluding hydrogens is 331 g/mol. The Morgan fingerprint density at radius 2 is 2.35 bits per heavy atom. The van der Waals surface area contributed by atoms with Gasteiger partial charge in [-0.05, 0) is 12.5 Å². The molecule has 0 amide bonds. The van der Waals surface area contributed by atoms with Crippen LogP contribution in [0.1, 0.15) is 18.9 Å². The summed E-state index contributed by atoms with van der Waals surface area (Å²) in [6.45, 7) is 3.29. The molecule has 0 spiro atoms. The average molecular weight is 350 g/mol. The van der Waals surface area contributed by atoms with Gasteiger partial charge < -0.3 is 15.8 Å². The number of halogens is 1. The van der Waals surface area contributed by atoms with E-state index in [1.165, 1.54) is 0 Å². The fourth-order valence-corrected chi connectivity index (χ4v) is 1.15. The van der Waals surface area contributed by atoms with E-state index in [9.17, 15) is 0 Å². The zero-order valence-corrected chi connectivity index (χ0v) is 12.5. The van der Waals surface area contributed by atoms with Gasteiger partial charge >= 0.3 is 0 Å². The van der Waals surface area contributed by atoms with E-state index in [2.05, 4.69) is 22.2 Å². The minimum atomic E-state index is 0. The first kappa shape index (κ1) is 16.0. The highest BCUT2D eigenvalue weighted by molar-refractivity contribution is 14.0. The van der Waals surface area contributed by atoms with Gasteiger partial charge in [-0.3, -0.25) is 4.99 Å². The molecule has 17 heavy (non-hydrogen) atoms. The number of aromatic nitrogens is 1. The molecule has 0 aliphatic rings. The molecule has 0 aromatic carbocycles. The molecule has 0 aliphatic carbocycles. The van der Waals surface area contributed by atoms with Crippen LogP contribution in [0.25, 0.3) is 0 Å². The third-order valence-electron chi connectivity index (χ3n) is 1.99. The summed E-state index contributed by atoms with van der Waals surface area (Å²) in [5.74, 6) is 1.06. The lowest BCUT2D eigenvalue weighted by Crippen LogP contribution is -2.30. The molecular formula is C11H19IN4O. The van der Waals surface area contributed by atoms with E-state index in [-0.39, 0.29) is 24.0 Å². The molecule has 0 saturated heterocycles. The maximum Gasteiger partial charge on any atom is 0.218 e. The Morgan fingerprint density at radius 1 is 1.59 bits per heavy atom. The Kier molecular flexibility index (Phi) is 8.47. The number of pyridine rings is 1. The first-order chi connectivity index (χ1) is 7.77. The van der Waals surface area contributed by atoms with Crippen LogP contribution in [0.4, 0.5) is 0 Å². The van der Waals surface area contributed by atoms with Crippen LogP contribution in [0.2, 0.25) is 0 Å². The minimum absolute atomic E-state index is 0. The number of hydrogen-bond acceptors (Lipinski definition) is 3. The van der Waals surface area contributed by atoms with Crippen LogP contribution >= 0.6 is 24.0 Å². The van der Waals surface area contributed by atoms with Crippen LogP contribution in [0.3, 0.4) is 0 Å². The molecule has 0 aliphatic heterocycles. The molecule has 1 aromatic rings. The normalized spacial score (nSPS) is 10.6. The first-order valence-electron chi connectivity index (χ1n) is 5.30. The van der Waals surface area contributed by atoms with Gasteiger partial charge in [0.2, 0.25) is 5.88 Å². The quantitative estimate of drug-likeness (QED) is 0.480. The zero-order chi connectivity index (χ0) is 11.8. The van der Waals surface area contributed by atoms with Gasteiger partial charge in [0, 0.05) is 25.4 Å². The Bertz CT molecular complexity index is 357. The number of aliphatic imine (C=N–C) groups is 1. The van der Waals surface area contributed by atoms with Crippen LogP contribution in [0, 0.1) is 0 Å². The van der Waals surface area contributed by atoms with Crippen LogP contribution in [-0.4, -0.2) is 24.6 Å². The standard InChI is InChI=1S/C11H18N4O.HI/c1-3-7-16-10-9(5-4-6-14-10)8-15-11(12)13-2;/h4-6H,3,7-8H2,1-2H3,(H3,12,13,15);1H. The van der Waals surface area contributed by atoms with Crippen molar-refractivity contribution in [3.05, 3.63) is 23.9 Å². The van der Waals surface area contributed by atoms with Crippen molar-refractivity contribution in [3.63, 3.8) is 0 Å². The van der Waals surface area contributed by atoms with E-state index in [0.717, 1.165) is 12.0 Å². The summed E-state index contributed by atoms with van der Waals surface area (Å²) < 4.78 is 5.52. The molecule has 0 radical (unpaired) electrons. The molecule has 96 valence electrons. The van der Waals surface area contributed by atoms with Crippen molar-refractivity contribution in [2.45, 2.75) is 19.9 Å². The molecule has 0 saturated carbocycles. The molecule has 0 bridgehead atoms. The van der Waals surface area contributed by atoms with Gasteiger partial charge in [0.15, 0.2) is 5.96 Å². The van der Waals surface area contributed by atoms with E-state index in [1.807, 2.05) is 12.1 Å². The summed E-state index contributed by atoms with van der Waals surface area (Å²) in [7, 11) is 1.64. The predicted octanol–water partition coefficient (Wildman–Crippen LogP) is 1.52. The number of nitrogens with one attached hydrogen (secondary N) is 1. The van der Waals surface area contributed by atoms with Crippen molar-refractivity contribution in [2.75, 3.05) is 13.7 Å². The summed E-state index contributed by atoms with van der Waals surface area (Å²) >= 11 is 0. The first-order valence-corrected chi connectivity index (χ1v) is 5.30. The van der Waals surface area contributed by atoms with Crippen molar-refractivity contribution in [1.29, 1.82) is 0 Å². The lowest BCUT2D eigenvalue weighted by molar-refractivity contribution is 0.301. The second-order valence-electron chi connectivity index (χ2n) is 3.28. The Hall–Kier alpha value is -1.05. The number of guanidine groups is 1. The summed E-state index contributed by atoms with van der Waals surface area (Å²) in [5, 5.41) is 2.97. The van der Waals surface area contributed by atoms with Crippen molar-refractivity contribution in [2.24, 2.45) is 10.7 Å². The monoisotopic (exact) mass is 350 g/mol. The zero-order valence-electron chi connectivity index (χ0n) is 10.1. The van der Waals surface area contributed by atoms with Crippen molar-refractivity contribution >= 4 is 29.9 Å². The molecule has 0 unspecified atom stereocenters. The Morgan fingerprint density at radius 3 is 3.00 bits per heavy atom. The molecule has 1 heterocycles. The van der Waals surface area contributed by atoms with Gasteiger partial charge in [0.05, 0.1) is 6.61 Å². The fourth-order valence-electron chi connectivity index (χ4n) is 1.15. The van der Waals surface area contributed by atoms with E-state index in [0.29, 0.717) is 25.0 Å². The maximum absolute atomic E-state index is 5.55. The fraction of sp³-hybridized carbons (Fsp3) is 0.455. The number of hydrogen-bond donors (Lipinski definition) is 2. The third-order valence-corrected chi connectivity index (χ3v) is 1.99. The minimum Gasteiger partial charge on any atom is -0.477 e. The summed E-state index contributed by atoms with van der Waals surface area (Å²) in [6, 6.07) is 3.82. The van der Waals surface area contributed by atoms with E-state index >= 15 is 0 Å². The topological polar surface area (TPSA) is 72.5 Å². The average Bonchev–Trinajstić information content (AvgIpc) is 2.34. The molecule has 6 heteroatoms. The second-order valence-corrected chi connectivity index (χ2v) is 3.28. The third kappa shape index (κ3) is 5.71. The molecule has 3 N–H and O–H groups in total. The SMILES string of the molecule is CCCOc1ncccc1CNC(N)=NC.I. The van der Waals surface area contributed by atoms with Gasteiger partial charge in [-0.1, -0.05) is 13.0 Å². The molecule has 1 rings (SSSR count). The number of nitrogens with two attached hydrogens (primary N) is 1. The highest BCUT2D eigenvalue weighted by Crippen LogP contribution is 2.13. The Balaban J connectivity index is 0.00000256. The van der Waals surface area contributed by atoms with Gasteiger partial charge in [-0.25, -0.2) is 4.98 Å². The molecule has 0 atom stereocenters. The predicted molar refractivity (Wildman–Crippen MR) is 79.8 cm³/mol. The highest BCUT2D eigenvalue weighted by atomic mass is 127. The smallest absolute Gasteiger partial charge is 0.218 e. The van der Waals surface area contributed by atoms with Crippen LogP contribution in [0.5, 0.6) is 5.88 Å². The number of rotatable bonds is 5. The molecule has 0 fully saturated rings. The maximum atomic E-state index is 5.55. The summed E-state index contributed by atoms with van der Waals surface area (Å²) in [4.78, 5) is 7.99. The van der Waals surface area contributed by atoms with Crippen molar-refractivity contribution < 1.29 is 4.74 Å². The highest BCUT2D eigenvalue weighted by Gasteiger charge is 2.03.